The largest absolute Gasteiger partial charge is 0.379 e. The average Bonchev–Trinajstić information content (AvgIpc) is 2.89. The van der Waals surface area contributed by atoms with Crippen LogP contribution >= 0.6 is 15.9 Å². The monoisotopic (exact) mass is 311 g/mol. The molecule has 0 aromatic carbocycles. The number of anilines is 1. The zero-order chi connectivity index (χ0) is 12.4. The standard InChI is InChI=1S/C13H18BrN3O/c14-11-7-13(9-15-8-11)17-2-1-12(10-17)16-3-5-18-6-4-16/h7-9,12H,1-6,10H2. The van der Waals surface area contributed by atoms with Crippen molar-refractivity contribution in [2.24, 2.45) is 0 Å². The number of aromatic nitrogens is 1. The molecule has 0 amide bonds. The summed E-state index contributed by atoms with van der Waals surface area (Å²) in [6.07, 6.45) is 5.03. The van der Waals surface area contributed by atoms with Gasteiger partial charge in [-0.15, -0.1) is 0 Å². The molecule has 98 valence electrons. The lowest BCUT2D eigenvalue weighted by atomic mass is 10.2. The topological polar surface area (TPSA) is 28.6 Å². The van der Waals surface area contributed by atoms with Gasteiger partial charge in [-0.05, 0) is 28.4 Å². The molecule has 0 aliphatic carbocycles. The molecule has 2 fully saturated rings. The molecule has 0 radical (unpaired) electrons. The first-order valence-electron chi connectivity index (χ1n) is 6.50. The Morgan fingerprint density at radius 2 is 2.06 bits per heavy atom. The van der Waals surface area contributed by atoms with Gasteiger partial charge in [0, 0.05) is 42.9 Å². The lowest BCUT2D eigenvalue weighted by Crippen LogP contribution is -2.44. The van der Waals surface area contributed by atoms with Crippen LogP contribution in [-0.4, -0.2) is 55.3 Å². The van der Waals surface area contributed by atoms with E-state index in [0.717, 1.165) is 43.9 Å². The van der Waals surface area contributed by atoms with Gasteiger partial charge in [0.05, 0.1) is 25.1 Å². The van der Waals surface area contributed by atoms with Crippen molar-refractivity contribution in [2.45, 2.75) is 12.5 Å². The van der Waals surface area contributed by atoms with Crippen LogP contribution in [0.15, 0.2) is 22.9 Å². The lowest BCUT2D eigenvalue weighted by Gasteiger charge is -2.32. The first kappa shape index (κ1) is 12.4. The summed E-state index contributed by atoms with van der Waals surface area (Å²) in [6, 6.07) is 2.82. The van der Waals surface area contributed by atoms with E-state index in [4.69, 9.17) is 4.74 Å². The molecule has 1 unspecified atom stereocenters. The van der Waals surface area contributed by atoms with Crippen LogP contribution in [0.4, 0.5) is 5.69 Å². The SMILES string of the molecule is Brc1cncc(N2CCC(N3CCOCC3)C2)c1. The van der Waals surface area contributed by atoms with E-state index in [2.05, 4.69) is 36.8 Å². The van der Waals surface area contributed by atoms with Crippen molar-refractivity contribution in [3.8, 4) is 0 Å². The second-order valence-electron chi connectivity index (χ2n) is 4.90. The normalized spacial score (nSPS) is 25.6. The molecular formula is C13H18BrN3O. The molecule has 4 nitrogen and oxygen atoms in total. The predicted molar refractivity (Wildman–Crippen MR) is 74.9 cm³/mol. The molecule has 2 aliphatic heterocycles. The Bertz CT molecular complexity index is 409. The highest BCUT2D eigenvalue weighted by molar-refractivity contribution is 9.10. The molecule has 0 N–H and O–H groups in total. The molecule has 1 aromatic heterocycles. The summed E-state index contributed by atoms with van der Waals surface area (Å²) < 4.78 is 6.47. The Kier molecular flexibility index (Phi) is 3.82. The summed E-state index contributed by atoms with van der Waals surface area (Å²) in [5.41, 5.74) is 1.22. The van der Waals surface area contributed by atoms with Gasteiger partial charge in [0.15, 0.2) is 0 Å². The molecule has 0 spiro atoms. The zero-order valence-corrected chi connectivity index (χ0v) is 12.0. The van der Waals surface area contributed by atoms with Gasteiger partial charge < -0.3 is 9.64 Å². The quantitative estimate of drug-likeness (QED) is 0.832. The van der Waals surface area contributed by atoms with E-state index in [-0.39, 0.29) is 0 Å². The van der Waals surface area contributed by atoms with E-state index in [1.807, 2.05) is 12.4 Å². The molecule has 2 saturated heterocycles. The van der Waals surface area contributed by atoms with Crippen molar-refractivity contribution >= 4 is 21.6 Å². The van der Waals surface area contributed by atoms with Crippen molar-refractivity contribution in [3.05, 3.63) is 22.9 Å². The molecule has 0 saturated carbocycles. The van der Waals surface area contributed by atoms with Gasteiger partial charge in [0.2, 0.25) is 0 Å². The summed E-state index contributed by atoms with van der Waals surface area (Å²) in [5.74, 6) is 0. The van der Waals surface area contributed by atoms with Crippen LogP contribution < -0.4 is 4.90 Å². The third-order valence-electron chi connectivity index (χ3n) is 3.78. The van der Waals surface area contributed by atoms with Crippen LogP contribution in [0.25, 0.3) is 0 Å². The number of morpholine rings is 1. The summed E-state index contributed by atoms with van der Waals surface area (Å²) in [5, 5.41) is 0. The highest BCUT2D eigenvalue weighted by atomic mass is 79.9. The summed E-state index contributed by atoms with van der Waals surface area (Å²) >= 11 is 3.48. The number of nitrogens with zero attached hydrogens (tertiary/aromatic N) is 3. The fraction of sp³-hybridized carbons (Fsp3) is 0.615. The Morgan fingerprint density at radius 3 is 2.83 bits per heavy atom. The Morgan fingerprint density at radius 1 is 1.22 bits per heavy atom. The van der Waals surface area contributed by atoms with E-state index in [0.29, 0.717) is 6.04 Å². The Labute approximate surface area is 116 Å². The maximum atomic E-state index is 5.42. The smallest absolute Gasteiger partial charge is 0.0594 e. The first-order chi connectivity index (χ1) is 8.83. The number of pyridine rings is 1. The highest BCUT2D eigenvalue weighted by Crippen LogP contribution is 2.25. The molecular weight excluding hydrogens is 294 g/mol. The zero-order valence-electron chi connectivity index (χ0n) is 10.4. The molecule has 1 atom stereocenters. The van der Waals surface area contributed by atoms with E-state index in [1.165, 1.54) is 12.1 Å². The summed E-state index contributed by atoms with van der Waals surface area (Å²) in [6.45, 7) is 6.16. The Hall–Kier alpha value is -0.650. The number of hydrogen-bond acceptors (Lipinski definition) is 4. The lowest BCUT2D eigenvalue weighted by molar-refractivity contribution is 0.0209. The van der Waals surface area contributed by atoms with Gasteiger partial charge >= 0.3 is 0 Å². The van der Waals surface area contributed by atoms with Gasteiger partial charge in [0.1, 0.15) is 0 Å². The molecule has 3 heterocycles. The van der Waals surface area contributed by atoms with Gasteiger partial charge in [-0.2, -0.15) is 0 Å². The third kappa shape index (κ3) is 2.68. The Balaban J connectivity index is 1.64. The highest BCUT2D eigenvalue weighted by Gasteiger charge is 2.28. The first-order valence-corrected chi connectivity index (χ1v) is 7.29. The van der Waals surface area contributed by atoms with Gasteiger partial charge in [-0.1, -0.05) is 0 Å². The minimum atomic E-state index is 0.674. The van der Waals surface area contributed by atoms with Crippen molar-refractivity contribution in [1.29, 1.82) is 0 Å². The van der Waals surface area contributed by atoms with Crippen LogP contribution in [0.2, 0.25) is 0 Å². The summed E-state index contributed by atoms with van der Waals surface area (Å²) in [7, 11) is 0. The van der Waals surface area contributed by atoms with Gasteiger partial charge in [-0.3, -0.25) is 9.88 Å². The molecule has 3 rings (SSSR count). The van der Waals surface area contributed by atoms with Crippen LogP contribution in [0.3, 0.4) is 0 Å². The van der Waals surface area contributed by atoms with Crippen LogP contribution in [0.5, 0.6) is 0 Å². The van der Waals surface area contributed by atoms with E-state index < -0.39 is 0 Å². The van der Waals surface area contributed by atoms with Crippen molar-refractivity contribution < 1.29 is 4.74 Å². The van der Waals surface area contributed by atoms with Crippen LogP contribution in [0, 0.1) is 0 Å². The number of rotatable bonds is 2. The number of halogens is 1. The fourth-order valence-electron chi connectivity index (χ4n) is 2.79. The van der Waals surface area contributed by atoms with Crippen molar-refractivity contribution in [1.82, 2.24) is 9.88 Å². The minimum absolute atomic E-state index is 0.674. The second-order valence-corrected chi connectivity index (χ2v) is 5.81. The van der Waals surface area contributed by atoms with E-state index in [9.17, 15) is 0 Å². The molecule has 5 heteroatoms. The van der Waals surface area contributed by atoms with Gasteiger partial charge in [-0.25, -0.2) is 0 Å². The predicted octanol–water partition coefficient (Wildman–Crippen LogP) is 1.75. The maximum absolute atomic E-state index is 5.42. The van der Waals surface area contributed by atoms with E-state index in [1.54, 1.807) is 0 Å². The van der Waals surface area contributed by atoms with Crippen molar-refractivity contribution in [3.63, 3.8) is 0 Å². The second kappa shape index (κ2) is 5.55. The fourth-order valence-corrected chi connectivity index (χ4v) is 3.14. The molecule has 18 heavy (non-hydrogen) atoms. The minimum Gasteiger partial charge on any atom is -0.379 e. The average molecular weight is 312 g/mol. The van der Waals surface area contributed by atoms with Gasteiger partial charge in [0.25, 0.3) is 0 Å². The summed E-state index contributed by atoms with van der Waals surface area (Å²) in [4.78, 5) is 9.24. The number of hydrogen-bond donors (Lipinski definition) is 0. The molecule has 2 aliphatic rings. The van der Waals surface area contributed by atoms with Crippen LogP contribution in [0.1, 0.15) is 6.42 Å². The molecule has 1 aromatic rings. The molecule has 0 bridgehead atoms. The van der Waals surface area contributed by atoms with Crippen LogP contribution in [-0.2, 0) is 4.74 Å². The number of ether oxygens (including phenoxy) is 1. The van der Waals surface area contributed by atoms with Crippen molar-refractivity contribution in [2.75, 3.05) is 44.3 Å². The van der Waals surface area contributed by atoms with E-state index >= 15 is 0 Å². The maximum Gasteiger partial charge on any atom is 0.0594 e. The third-order valence-corrected chi connectivity index (χ3v) is 4.21.